The van der Waals surface area contributed by atoms with Crippen molar-refractivity contribution in [3.63, 3.8) is 0 Å². The van der Waals surface area contributed by atoms with Gasteiger partial charge in [0.15, 0.2) is 0 Å². The highest BCUT2D eigenvalue weighted by Crippen LogP contribution is 2.11. The second-order valence-corrected chi connectivity index (χ2v) is 2.32. The second kappa shape index (κ2) is 4.34. The molecule has 0 aliphatic rings. The summed E-state index contributed by atoms with van der Waals surface area (Å²) in [6, 6.07) is 7.23. The standard InChI is InChI=1S/C10H10NO/c1-2-7-11-10-6-4-3-5-9(10)8-12/h2-6,11H,1,7H2. The van der Waals surface area contributed by atoms with Crippen LogP contribution in [0.3, 0.4) is 0 Å². The Balaban J connectivity index is 2.81. The molecule has 0 fully saturated rings. The average Bonchev–Trinajstić information content (AvgIpc) is 2.15. The summed E-state index contributed by atoms with van der Waals surface area (Å²) >= 11 is 0. The molecule has 1 radical (unpaired) electrons. The molecule has 1 rings (SSSR count). The van der Waals surface area contributed by atoms with Crippen LogP contribution in [0.1, 0.15) is 5.56 Å². The smallest absolute Gasteiger partial charge is 0.235 e. The molecule has 0 heterocycles. The molecule has 12 heavy (non-hydrogen) atoms. The van der Waals surface area contributed by atoms with Gasteiger partial charge >= 0.3 is 0 Å². The molecule has 1 aromatic rings. The van der Waals surface area contributed by atoms with E-state index >= 15 is 0 Å². The zero-order valence-corrected chi connectivity index (χ0v) is 6.71. The maximum Gasteiger partial charge on any atom is 0.235 e. The highest BCUT2D eigenvalue weighted by atomic mass is 16.1. The van der Waals surface area contributed by atoms with E-state index in [9.17, 15) is 4.79 Å². The van der Waals surface area contributed by atoms with E-state index in [0.29, 0.717) is 12.1 Å². The van der Waals surface area contributed by atoms with Gasteiger partial charge < -0.3 is 5.32 Å². The molecule has 2 heteroatoms. The SMILES string of the molecule is C=CCNc1ccccc1[C]=O. The van der Waals surface area contributed by atoms with Crippen LogP contribution in [-0.4, -0.2) is 12.8 Å². The van der Waals surface area contributed by atoms with Gasteiger partial charge in [-0.3, -0.25) is 4.79 Å². The number of benzene rings is 1. The van der Waals surface area contributed by atoms with Gasteiger partial charge in [-0.2, -0.15) is 0 Å². The van der Waals surface area contributed by atoms with Crippen LogP contribution >= 0.6 is 0 Å². The van der Waals surface area contributed by atoms with Crippen LogP contribution in [-0.2, 0) is 4.79 Å². The Hall–Kier alpha value is -1.57. The van der Waals surface area contributed by atoms with Crippen LogP contribution in [0.15, 0.2) is 36.9 Å². The van der Waals surface area contributed by atoms with Crippen molar-refractivity contribution in [3.05, 3.63) is 42.5 Å². The van der Waals surface area contributed by atoms with E-state index in [2.05, 4.69) is 11.9 Å². The Morgan fingerprint density at radius 1 is 1.50 bits per heavy atom. The van der Waals surface area contributed by atoms with Crippen LogP contribution in [0, 0.1) is 0 Å². The van der Waals surface area contributed by atoms with E-state index in [0.717, 1.165) is 5.69 Å². The van der Waals surface area contributed by atoms with E-state index in [1.54, 1.807) is 18.2 Å². The van der Waals surface area contributed by atoms with Crippen molar-refractivity contribution in [2.75, 3.05) is 11.9 Å². The molecule has 1 aromatic carbocycles. The Morgan fingerprint density at radius 2 is 2.25 bits per heavy atom. The fraction of sp³-hybridized carbons (Fsp3) is 0.100. The summed E-state index contributed by atoms with van der Waals surface area (Å²) in [5.74, 6) is 0. The highest BCUT2D eigenvalue weighted by Gasteiger charge is 1.97. The summed E-state index contributed by atoms with van der Waals surface area (Å²) in [5.41, 5.74) is 1.35. The van der Waals surface area contributed by atoms with Crippen LogP contribution in [0.5, 0.6) is 0 Å². The molecule has 0 aliphatic heterocycles. The average molecular weight is 160 g/mol. The summed E-state index contributed by atoms with van der Waals surface area (Å²) in [4.78, 5) is 10.4. The Labute approximate surface area is 71.9 Å². The first-order valence-corrected chi connectivity index (χ1v) is 3.70. The van der Waals surface area contributed by atoms with Crippen molar-refractivity contribution in [1.29, 1.82) is 0 Å². The lowest BCUT2D eigenvalue weighted by Gasteiger charge is -2.04. The molecule has 0 amide bonds. The van der Waals surface area contributed by atoms with Gasteiger partial charge in [-0.25, -0.2) is 0 Å². The number of hydrogen-bond donors (Lipinski definition) is 1. The molecule has 0 atom stereocenters. The number of nitrogens with one attached hydrogen (secondary N) is 1. The lowest BCUT2D eigenvalue weighted by atomic mass is 10.2. The van der Waals surface area contributed by atoms with E-state index in [4.69, 9.17) is 0 Å². The summed E-state index contributed by atoms with van der Waals surface area (Å²) in [6.45, 7) is 4.22. The zero-order chi connectivity index (χ0) is 8.81. The predicted octanol–water partition coefficient (Wildman–Crippen LogP) is 1.74. The predicted molar refractivity (Wildman–Crippen MR) is 49.9 cm³/mol. The lowest BCUT2D eigenvalue weighted by Crippen LogP contribution is -2.00. The molecule has 0 aromatic heterocycles. The molecule has 0 saturated heterocycles. The Bertz CT molecular complexity index is 281. The van der Waals surface area contributed by atoms with E-state index in [-0.39, 0.29) is 0 Å². The Kier molecular flexibility index (Phi) is 3.08. The van der Waals surface area contributed by atoms with Gasteiger partial charge in [0.1, 0.15) is 0 Å². The number of carbonyl (C=O) groups excluding carboxylic acids is 1. The maximum absolute atomic E-state index is 10.4. The summed E-state index contributed by atoms with van der Waals surface area (Å²) < 4.78 is 0. The van der Waals surface area contributed by atoms with Crippen molar-refractivity contribution in [1.82, 2.24) is 0 Å². The number of para-hydroxylation sites is 1. The minimum atomic E-state index is 0.555. The number of hydrogen-bond acceptors (Lipinski definition) is 2. The monoisotopic (exact) mass is 160 g/mol. The second-order valence-electron chi connectivity index (χ2n) is 2.32. The summed E-state index contributed by atoms with van der Waals surface area (Å²) in [6.07, 6.45) is 3.60. The third kappa shape index (κ3) is 1.95. The van der Waals surface area contributed by atoms with E-state index < -0.39 is 0 Å². The van der Waals surface area contributed by atoms with Crippen LogP contribution in [0.25, 0.3) is 0 Å². The highest BCUT2D eigenvalue weighted by molar-refractivity contribution is 5.84. The van der Waals surface area contributed by atoms with Gasteiger partial charge in [-0.1, -0.05) is 18.2 Å². The molecule has 1 N–H and O–H groups in total. The zero-order valence-electron chi connectivity index (χ0n) is 6.71. The number of anilines is 1. The molecule has 0 saturated carbocycles. The van der Waals surface area contributed by atoms with Crippen molar-refractivity contribution >= 4 is 12.0 Å². The molecule has 61 valence electrons. The topological polar surface area (TPSA) is 29.1 Å². The molecular formula is C10H10NO. The fourth-order valence-electron chi connectivity index (χ4n) is 0.908. The first-order chi connectivity index (χ1) is 5.88. The van der Waals surface area contributed by atoms with Gasteiger partial charge in [0.2, 0.25) is 6.29 Å². The lowest BCUT2D eigenvalue weighted by molar-refractivity contribution is 0.563. The molecule has 0 unspecified atom stereocenters. The van der Waals surface area contributed by atoms with Gasteiger partial charge in [-0.05, 0) is 12.1 Å². The molecule has 0 aliphatic carbocycles. The fourth-order valence-corrected chi connectivity index (χ4v) is 0.908. The normalized spacial score (nSPS) is 9.00. The minimum absolute atomic E-state index is 0.555. The van der Waals surface area contributed by atoms with Crippen molar-refractivity contribution in [2.45, 2.75) is 0 Å². The van der Waals surface area contributed by atoms with Crippen molar-refractivity contribution < 1.29 is 4.79 Å². The molecule has 0 bridgehead atoms. The Morgan fingerprint density at radius 3 is 2.92 bits per heavy atom. The van der Waals surface area contributed by atoms with Gasteiger partial charge in [0.05, 0.1) is 0 Å². The van der Waals surface area contributed by atoms with Gasteiger partial charge in [0, 0.05) is 17.8 Å². The number of rotatable bonds is 4. The third-order valence-corrected chi connectivity index (χ3v) is 1.47. The van der Waals surface area contributed by atoms with E-state index in [1.807, 2.05) is 18.4 Å². The van der Waals surface area contributed by atoms with Crippen LogP contribution < -0.4 is 5.32 Å². The van der Waals surface area contributed by atoms with Crippen molar-refractivity contribution in [3.8, 4) is 0 Å². The van der Waals surface area contributed by atoms with Gasteiger partial charge in [0.25, 0.3) is 0 Å². The molecule has 0 spiro atoms. The third-order valence-electron chi connectivity index (χ3n) is 1.47. The van der Waals surface area contributed by atoms with E-state index in [1.165, 1.54) is 0 Å². The van der Waals surface area contributed by atoms with Gasteiger partial charge in [-0.15, -0.1) is 6.58 Å². The molecule has 2 nitrogen and oxygen atoms in total. The first kappa shape index (κ1) is 8.53. The van der Waals surface area contributed by atoms with Crippen LogP contribution in [0.2, 0.25) is 0 Å². The first-order valence-electron chi connectivity index (χ1n) is 3.70. The molecular weight excluding hydrogens is 150 g/mol. The quantitative estimate of drug-likeness (QED) is 0.680. The minimum Gasteiger partial charge on any atom is -0.381 e. The largest absolute Gasteiger partial charge is 0.381 e. The summed E-state index contributed by atoms with van der Waals surface area (Å²) in [7, 11) is 0. The van der Waals surface area contributed by atoms with Crippen molar-refractivity contribution in [2.24, 2.45) is 0 Å². The maximum atomic E-state index is 10.4. The van der Waals surface area contributed by atoms with Crippen LogP contribution in [0.4, 0.5) is 5.69 Å². The summed E-state index contributed by atoms with van der Waals surface area (Å²) in [5, 5.41) is 3.03.